The van der Waals surface area contributed by atoms with Crippen LogP contribution in [-0.4, -0.2) is 30.1 Å². The molecule has 0 radical (unpaired) electrons. The van der Waals surface area contributed by atoms with Crippen molar-refractivity contribution in [3.8, 4) is 0 Å². The minimum Gasteiger partial charge on any atom is -0.431 e. The first-order chi connectivity index (χ1) is 13.1. The molecule has 28 heavy (non-hydrogen) atoms. The van der Waals surface area contributed by atoms with Crippen molar-refractivity contribution in [3.63, 3.8) is 0 Å². The van der Waals surface area contributed by atoms with E-state index in [-0.39, 0.29) is 29.9 Å². The molecule has 2 heterocycles. The smallest absolute Gasteiger partial charge is 0.417 e. The van der Waals surface area contributed by atoms with Crippen LogP contribution >= 0.6 is 0 Å². The van der Waals surface area contributed by atoms with E-state index in [1.165, 1.54) is 12.1 Å². The number of ether oxygens (including phenoxy) is 1. The van der Waals surface area contributed by atoms with E-state index in [9.17, 15) is 30.7 Å². The molecule has 3 nitrogen and oxygen atoms in total. The predicted molar refractivity (Wildman–Crippen MR) is 85.2 cm³/mol. The summed E-state index contributed by atoms with van der Waals surface area (Å²) in [5.74, 6) is -2.66. The van der Waals surface area contributed by atoms with Crippen LogP contribution in [0.3, 0.4) is 0 Å². The highest BCUT2D eigenvalue weighted by Gasteiger charge is 2.48. The minimum atomic E-state index is -4.80. The van der Waals surface area contributed by atoms with Gasteiger partial charge in [0.05, 0.1) is 17.7 Å². The van der Waals surface area contributed by atoms with Crippen molar-refractivity contribution in [1.82, 2.24) is 4.90 Å². The number of alkyl halides is 5. The van der Waals surface area contributed by atoms with Crippen LogP contribution < -0.4 is 0 Å². The van der Waals surface area contributed by atoms with Gasteiger partial charge in [-0.2, -0.15) is 22.0 Å². The molecule has 1 aromatic carbocycles. The van der Waals surface area contributed by atoms with Crippen LogP contribution in [0.25, 0.3) is 5.83 Å². The average Bonchev–Trinajstić information content (AvgIpc) is 2.97. The lowest BCUT2D eigenvalue weighted by molar-refractivity contribution is -0.0981. The zero-order valence-electron chi connectivity index (χ0n) is 13.9. The first kappa shape index (κ1) is 18.6. The van der Waals surface area contributed by atoms with E-state index in [2.05, 4.69) is 9.73 Å². The SMILES string of the molecule is FC1=CCC2(CN3C=C(C(F)(F)F)C=C(OC(F)F)C3=N2)c2cccc(F)c21. The number of hydrogen-bond donors (Lipinski definition) is 0. The van der Waals surface area contributed by atoms with E-state index in [1.54, 1.807) is 0 Å². The molecule has 1 atom stereocenters. The summed E-state index contributed by atoms with van der Waals surface area (Å²) in [7, 11) is 0. The zero-order valence-corrected chi connectivity index (χ0v) is 13.9. The maximum Gasteiger partial charge on any atom is 0.417 e. The molecule has 10 heteroatoms. The van der Waals surface area contributed by atoms with Gasteiger partial charge >= 0.3 is 12.8 Å². The summed E-state index contributed by atoms with van der Waals surface area (Å²) in [5, 5.41) is 0. The maximum absolute atomic E-state index is 14.2. The molecule has 148 valence electrons. The van der Waals surface area contributed by atoms with Gasteiger partial charge in [0, 0.05) is 6.20 Å². The molecule has 1 spiro atoms. The van der Waals surface area contributed by atoms with Crippen LogP contribution in [0.1, 0.15) is 17.5 Å². The predicted octanol–water partition coefficient (Wildman–Crippen LogP) is 5.03. The molecule has 0 fully saturated rings. The molecule has 0 aromatic heterocycles. The molecule has 2 aliphatic heterocycles. The second kappa shape index (κ2) is 6.11. The van der Waals surface area contributed by atoms with Crippen molar-refractivity contribution in [2.45, 2.75) is 24.7 Å². The fourth-order valence-corrected chi connectivity index (χ4v) is 3.59. The molecule has 0 amide bonds. The Labute approximate surface area is 154 Å². The Balaban J connectivity index is 1.84. The van der Waals surface area contributed by atoms with Gasteiger partial charge in [0.2, 0.25) is 0 Å². The van der Waals surface area contributed by atoms with Gasteiger partial charge in [0.1, 0.15) is 17.2 Å². The number of fused-ring (bicyclic) bond motifs is 3. The minimum absolute atomic E-state index is 0.0769. The van der Waals surface area contributed by atoms with Crippen LogP contribution in [0.4, 0.5) is 30.7 Å². The summed E-state index contributed by atoms with van der Waals surface area (Å²) in [6.45, 7) is -3.58. The van der Waals surface area contributed by atoms with Crippen LogP contribution in [0.2, 0.25) is 0 Å². The van der Waals surface area contributed by atoms with Gasteiger partial charge in [-0.1, -0.05) is 12.1 Å². The van der Waals surface area contributed by atoms with Crippen molar-refractivity contribution in [1.29, 1.82) is 0 Å². The number of halogens is 7. The normalized spacial score (nSPS) is 23.8. The van der Waals surface area contributed by atoms with Gasteiger partial charge in [-0.25, -0.2) is 8.78 Å². The van der Waals surface area contributed by atoms with E-state index in [1.807, 2.05) is 0 Å². The van der Waals surface area contributed by atoms with Gasteiger partial charge in [0.25, 0.3) is 0 Å². The number of hydrogen-bond acceptors (Lipinski definition) is 3. The number of aliphatic imine (C=N–C) groups is 1. The topological polar surface area (TPSA) is 24.8 Å². The highest BCUT2D eigenvalue weighted by atomic mass is 19.4. The number of nitrogens with zero attached hydrogens (tertiary/aromatic N) is 2. The molecule has 1 unspecified atom stereocenters. The van der Waals surface area contributed by atoms with Gasteiger partial charge in [-0.05, 0) is 30.2 Å². The monoisotopic (exact) mass is 404 g/mol. The molecule has 0 bridgehead atoms. The molecule has 4 rings (SSSR count). The fraction of sp³-hybridized carbons (Fsp3) is 0.278. The first-order valence-corrected chi connectivity index (χ1v) is 8.08. The lowest BCUT2D eigenvalue weighted by Gasteiger charge is -2.32. The molecule has 1 aliphatic carbocycles. The van der Waals surface area contributed by atoms with Gasteiger partial charge in [-0.15, -0.1) is 0 Å². The van der Waals surface area contributed by atoms with E-state index >= 15 is 0 Å². The summed E-state index contributed by atoms with van der Waals surface area (Å²) in [6, 6.07) is 3.79. The Morgan fingerprint density at radius 1 is 1.18 bits per heavy atom. The number of allylic oxidation sites excluding steroid dienone is 2. The lowest BCUT2D eigenvalue weighted by atomic mass is 9.80. The van der Waals surface area contributed by atoms with Crippen molar-refractivity contribution in [2.24, 2.45) is 4.99 Å². The Morgan fingerprint density at radius 2 is 1.93 bits per heavy atom. The largest absolute Gasteiger partial charge is 0.431 e. The summed E-state index contributed by atoms with van der Waals surface area (Å²) < 4.78 is 97.5. The number of benzene rings is 1. The third-order valence-corrected chi connectivity index (χ3v) is 4.74. The second-order valence-corrected chi connectivity index (χ2v) is 6.48. The van der Waals surface area contributed by atoms with Crippen molar-refractivity contribution >= 4 is 11.7 Å². The Morgan fingerprint density at radius 3 is 2.61 bits per heavy atom. The molecule has 0 N–H and O–H groups in total. The highest BCUT2D eigenvalue weighted by Crippen LogP contribution is 2.47. The summed E-state index contributed by atoms with van der Waals surface area (Å²) in [5.41, 5.74) is -2.73. The van der Waals surface area contributed by atoms with Crippen LogP contribution in [0.5, 0.6) is 0 Å². The zero-order chi connectivity index (χ0) is 20.3. The van der Waals surface area contributed by atoms with E-state index in [0.717, 1.165) is 23.2 Å². The summed E-state index contributed by atoms with van der Waals surface area (Å²) >= 11 is 0. The Bertz CT molecular complexity index is 961. The van der Waals surface area contributed by atoms with Gasteiger partial charge in [-0.3, -0.25) is 4.99 Å². The fourth-order valence-electron chi connectivity index (χ4n) is 3.59. The number of amidine groups is 1. The molecule has 3 aliphatic rings. The third-order valence-electron chi connectivity index (χ3n) is 4.74. The lowest BCUT2D eigenvalue weighted by Crippen LogP contribution is -2.36. The molecule has 0 saturated heterocycles. The van der Waals surface area contributed by atoms with Gasteiger partial charge in [0.15, 0.2) is 11.6 Å². The Hall–Kier alpha value is -2.78. The standard InChI is InChI=1S/C18H11F7N2O/c19-11-3-1-2-10-14(11)12(20)4-5-17(10)8-27-7-9(18(23,24)25)6-13(15(27)26-17)28-16(21)22/h1-4,6-7,16H,5,8H2. The number of rotatable bonds is 2. The average molecular weight is 404 g/mol. The summed E-state index contributed by atoms with van der Waals surface area (Å²) in [4.78, 5) is 5.32. The van der Waals surface area contributed by atoms with Crippen LogP contribution in [-0.2, 0) is 10.3 Å². The van der Waals surface area contributed by atoms with Crippen molar-refractivity contribution in [2.75, 3.05) is 6.54 Å². The maximum atomic E-state index is 14.2. The Kier molecular flexibility index (Phi) is 4.06. The first-order valence-electron chi connectivity index (χ1n) is 8.08. The highest BCUT2D eigenvalue weighted by molar-refractivity contribution is 6.01. The molecular weight excluding hydrogens is 393 g/mol. The van der Waals surface area contributed by atoms with Crippen molar-refractivity contribution < 1.29 is 35.5 Å². The summed E-state index contributed by atoms with van der Waals surface area (Å²) in [6.07, 6.45) is -2.64. The van der Waals surface area contributed by atoms with E-state index in [0.29, 0.717) is 6.08 Å². The molecule has 1 aromatic rings. The molecule has 0 saturated carbocycles. The van der Waals surface area contributed by atoms with Crippen LogP contribution in [0.15, 0.2) is 52.9 Å². The van der Waals surface area contributed by atoms with Crippen LogP contribution in [0, 0.1) is 5.82 Å². The van der Waals surface area contributed by atoms with Crippen molar-refractivity contribution in [3.05, 3.63) is 64.8 Å². The van der Waals surface area contributed by atoms with Gasteiger partial charge < -0.3 is 9.64 Å². The second-order valence-electron chi connectivity index (χ2n) is 6.48. The third kappa shape index (κ3) is 2.87. The molecular formula is C18H11F7N2O. The quantitative estimate of drug-likeness (QED) is 0.646. The van der Waals surface area contributed by atoms with E-state index < -0.39 is 41.3 Å². The van der Waals surface area contributed by atoms with E-state index in [4.69, 9.17) is 0 Å².